The van der Waals surface area contributed by atoms with Crippen molar-refractivity contribution in [3.63, 3.8) is 0 Å². The number of nitrogens with one attached hydrogen (secondary N) is 1. The first-order valence-corrected chi connectivity index (χ1v) is 11.8. The summed E-state index contributed by atoms with van der Waals surface area (Å²) in [7, 11) is -0.790. The molecule has 3 rings (SSSR count). The molecule has 0 unspecified atom stereocenters. The van der Waals surface area contributed by atoms with Crippen LogP contribution in [0.15, 0.2) is 65.6 Å². The van der Waals surface area contributed by atoms with E-state index < -0.39 is 10.0 Å². The molecule has 0 radical (unpaired) electrons. The first-order valence-electron chi connectivity index (χ1n) is 9.89. The zero-order chi connectivity index (χ0) is 23.5. The number of benzene rings is 3. The lowest BCUT2D eigenvalue weighted by Gasteiger charge is -2.19. The minimum Gasteiger partial charge on any atom is -0.496 e. The third-order valence-corrected chi connectivity index (χ3v) is 6.89. The van der Waals surface area contributed by atoms with Crippen LogP contribution in [0, 0.1) is 13.8 Å². The fourth-order valence-electron chi connectivity index (χ4n) is 3.35. The molecule has 3 aromatic rings. The van der Waals surface area contributed by atoms with Crippen LogP contribution in [0.2, 0.25) is 5.02 Å². The van der Waals surface area contributed by atoms with Crippen molar-refractivity contribution in [2.45, 2.75) is 25.3 Å². The van der Waals surface area contributed by atoms with Gasteiger partial charge >= 0.3 is 0 Å². The number of nitrogens with zero attached hydrogens (tertiary/aromatic N) is 1. The number of amides is 1. The molecule has 0 bridgehead atoms. The largest absolute Gasteiger partial charge is 0.496 e. The predicted molar refractivity (Wildman–Crippen MR) is 127 cm³/mol. The van der Waals surface area contributed by atoms with Crippen LogP contribution in [0.4, 0.5) is 5.69 Å². The van der Waals surface area contributed by atoms with Crippen molar-refractivity contribution in [3.8, 4) is 5.75 Å². The quantitative estimate of drug-likeness (QED) is 0.522. The standard InChI is InChI=1S/C24H25ClN2O4S/c1-16-9-12-21(17(2)13-16)26-32(29,30)23-14-18(10-11-20(23)25)24(28)27(3)15-19-7-5-6-8-22(19)31-4/h5-14,26H,15H2,1-4H3. The molecule has 0 heterocycles. The van der Waals surface area contributed by atoms with Crippen LogP contribution in [0.1, 0.15) is 27.0 Å². The third kappa shape index (κ3) is 5.23. The van der Waals surface area contributed by atoms with E-state index in [-0.39, 0.29) is 21.4 Å². The van der Waals surface area contributed by atoms with E-state index in [0.29, 0.717) is 18.0 Å². The summed E-state index contributed by atoms with van der Waals surface area (Å²) in [6.07, 6.45) is 0. The number of carbonyl (C=O) groups excluding carboxylic acids is 1. The van der Waals surface area contributed by atoms with Crippen LogP contribution in [-0.2, 0) is 16.6 Å². The first kappa shape index (κ1) is 23.6. The van der Waals surface area contributed by atoms with Crippen molar-refractivity contribution in [1.82, 2.24) is 4.90 Å². The highest BCUT2D eigenvalue weighted by molar-refractivity contribution is 7.92. The number of carbonyl (C=O) groups is 1. The molecule has 6 nitrogen and oxygen atoms in total. The number of hydrogen-bond donors (Lipinski definition) is 1. The molecule has 0 aliphatic carbocycles. The maximum absolute atomic E-state index is 13.0. The number of anilines is 1. The van der Waals surface area contributed by atoms with Gasteiger partial charge in [-0.15, -0.1) is 0 Å². The van der Waals surface area contributed by atoms with E-state index in [0.717, 1.165) is 16.7 Å². The van der Waals surface area contributed by atoms with Gasteiger partial charge in [-0.2, -0.15) is 0 Å². The first-order chi connectivity index (χ1) is 15.1. The van der Waals surface area contributed by atoms with E-state index in [9.17, 15) is 13.2 Å². The van der Waals surface area contributed by atoms with Crippen LogP contribution in [0.3, 0.4) is 0 Å². The van der Waals surface area contributed by atoms with Crippen LogP contribution in [0.5, 0.6) is 5.75 Å². The van der Waals surface area contributed by atoms with Crippen molar-refractivity contribution in [2.24, 2.45) is 0 Å². The lowest BCUT2D eigenvalue weighted by Crippen LogP contribution is -2.26. The van der Waals surface area contributed by atoms with Gasteiger partial charge in [-0.1, -0.05) is 47.5 Å². The number of para-hydroxylation sites is 1. The summed E-state index contributed by atoms with van der Waals surface area (Å²) in [5.74, 6) is 0.333. The number of rotatable bonds is 7. The summed E-state index contributed by atoms with van der Waals surface area (Å²) in [4.78, 5) is 14.4. The Morgan fingerprint density at radius 1 is 1.06 bits per heavy atom. The summed E-state index contributed by atoms with van der Waals surface area (Å²) >= 11 is 6.20. The number of ether oxygens (including phenoxy) is 1. The van der Waals surface area contributed by atoms with Crippen molar-refractivity contribution in [3.05, 3.63) is 87.9 Å². The van der Waals surface area contributed by atoms with E-state index in [1.165, 1.54) is 23.1 Å². The van der Waals surface area contributed by atoms with E-state index in [1.54, 1.807) is 20.2 Å². The molecule has 3 aromatic carbocycles. The van der Waals surface area contributed by atoms with Crippen LogP contribution in [-0.4, -0.2) is 33.4 Å². The van der Waals surface area contributed by atoms with Gasteiger partial charge in [0.15, 0.2) is 0 Å². The number of sulfonamides is 1. The second kappa shape index (κ2) is 9.63. The molecular weight excluding hydrogens is 448 g/mol. The highest BCUT2D eigenvalue weighted by Crippen LogP contribution is 2.27. The summed E-state index contributed by atoms with van der Waals surface area (Å²) < 4.78 is 34.0. The average Bonchev–Trinajstić information content (AvgIpc) is 2.75. The van der Waals surface area contributed by atoms with Gasteiger partial charge < -0.3 is 9.64 Å². The van der Waals surface area contributed by atoms with Crippen molar-refractivity contribution in [1.29, 1.82) is 0 Å². The molecule has 0 spiro atoms. The zero-order valence-corrected chi connectivity index (χ0v) is 19.9. The molecule has 0 atom stereocenters. The SMILES string of the molecule is COc1ccccc1CN(C)C(=O)c1ccc(Cl)c(S(=O)(=O)Nc2ccc(C)cc2C)c1. The second-order valence-corrected chi connectivity index (χ2v) is 9.60. The Morgan fingerprint density at radius 2 is 1.78 bits per heavy atom. The van der Waals surface area contributed by atoms with Crippen molar-refractivity contribution < 1.29 is 17.9 Å². The van der Waals surface area contributed by atoms with Crippen molar-refractivity contribution >= 4 is 33.2 Å². The number of aryl methyl sites for hydroxylation is 2. The topological polar surface area (TPSA) is 75.7 Å². The molecule has 0 aliphatic heterocycles. The van der Waals surface area contributed by atoms with Crippen LogP contribution in [0.25, 0.3) is 0 Å². The molecule has 0 fully saturated rings. The average molecular weight is 473 g/mol. The predicted octanol–water partition coefficient (Wildman–Crippen LogP) is 5.04. The Labute approximate surface area is 193 Å². The van der Waals surface area contributed by atoms with E-state index >= 15 is 0 Å². The number of halogens is 1. The minimum absolute atomic E-state index is 0.0335. The van der Waals surface area contributed by atoms with Gasteiger partial charge in [0.1, 0.15) is 10.6 Å². The van der Waals surface area contributed by atoms with Gasteiger partial charge in [-0.3, -0.25) is 9.52 Å². The maximum atomic E-state index is 13.0. The monoisotopic (exact) mass is 472 g/mol. The highest BCUT2D eigenvalue weighted by atomic mass is 35.5. The highest BCUT2D eigenvalue weighted by Gasteiger charge is 2.22. The Hall–Kier alpha value is -3.03. The second-order valence-electron chi connectivity index (χ2n) is 7.54. The van der Waals surface area contributed by atoms with Gasteiger partial charge in [0.2, 0.25) is 0 Å². The number of hydrogen-bond acceptors (Lipinski definition) is 4. The molecule has 1 amide bonds. The van der Waals surface area contributed by atoms with Gasteiger partial charge in [-0.25, -0.2) is 8.42 Å². The number of methoxy groups -OCH3 is 1. The van der Waals surface area contributed by atoms with E-state index in [4.69, 9.17) is 16.3 Å². The van der Waals surface area contributed by atoms with Gasteiger partial charge in [-0.05, 0) is 49.7 Å². The molecule has 168 valence electrons. The molecule has 0 aromatic heterocycles. The molecule has 32 heavy (non-hydrogen) atoms. The normalized spacial score (nSPS) is 11.2. The third-order valence-electron chi connectivity index (χ3n) is 5.04. The summed E-state index contributed by atoms with van der Waals surface area (Å²) in [5.41, 5.74) is 3.32. The fraction of sp³-hybridized carbons (Fsp3) is 0.208. The molecule has 0 saturated heterocycles. The summed E-state index contributed by atoms with van der Waals surface area (Å²) in [5, 5.41) is 0.0335. The smallest absolute Gasteiger partial charge is 0.263 e. The molecule has 0 saturated carbocycles. The Morgan fingerprint density at radius 3 is 2.47 bits per heavy atom. The van der Waals surface area contributed by atoms with Gasteiger partial charge in [0.05, 0.1) is 17.8 Å². The minimum atomic E-state index is -4.00. The van der Waals surface area contributed by atoms with E-state index in [2.05, 4.69) is 4.72 Å². The Bertz CT molecular complexity index is 1260. The fourth-order valence-corrected chi connectivity index (χ4v) is 5.01. The van der Waals surface area contributed by atoms with Crippen LogP contribution >= 0.6 is 11.6 Å². The Kier molecular flexibility index (Phi) is 7.11. The maximum Gasteiger partial charge on any atom is 0.263 e. The Balaban J connectivity index is 1.87. The van der Waals surface area contributed by atoms with Crippen LogP contribution < -0.4 is 9.46 Å². The molecule has 1 N–H and O–H groups in total. The van der Waals surface area contributed by atoms with E-state index in [1.807, 2.05) is 50.2 Å². The van der Waals surface area contributed by atoms with Gasteiger partial charge in [0.25, 0.3) is 15.9 Å². The lowest BCUT2D eigenvalue weighted by atomic mass is 10.1. The summed E-state index contributed by atoms with van der Waals surface area (Å²) in [6.45, 7) is 4.05. The summed E-state index contributed by atoms with van der Waals surface area (Å²) in [6, 6.07) is 17.0. The molecule has 0 aliphatic rings. The van der Waals surface area contributed by atoms with Crippen molar-refractivity contribution in [2.75, 3.05) is 18.9 Å². The van der Waals surface area contributed by atoms with Gasteiger partial charge in [0, 0.05) is 24.7 Å². The molecular formula is C24H25ClN2O4S. The zero-order valence-electron chi connectivity index (χ0n) is 18.3. The molecule has 8 heteroatoms. The lowest BCUT2D eigenvalue weighted by molar-refractivity contribution is 0.0784.